The average molecular weight is 487 g/mol. The van der Waals surface area contributed by atoms with E-state index >= 15 is 0 Å². The van der Waals surface area contributed by atoms with Crippen molar-refractivity contribution >= 4 is 11.9 Å². The molecule has 1 saturated heterocycles. The third kappa shape index (κ3) is 7.10. The molecule has 6 nitrogen and oxygen atoms in total. The summed E-state index contributed by atoms with van der Waals surface area (Å²) in [7, 11) is 0. The summed E-state index contributed by atoms with van der Waals surface area (Å²) in [6.07, 6.45) is 10.6. The van der Waals surface area contributed by atoms with Gasteiger partial charge in [0.05, 0.1) is 12.1 Å². The van der Waals surface area contributed by atoms with Crippen molar-refractivity contribution in [3.63, 3.8) is 0 Å². The Balaban J connectivity index is 1.50. The van der Waals surface area contributed by atoms with Crippen LogP contribution in [0.25, 0.3) is 0 Å². The number of hydrogen-bond donors (Lipinski definition) is 0. The van der Waals surface area contributed by atoms with Crippen LogP contribution in [-0.4, -0.2) is 40.6 Å². The summed E-state index contributed by atoms with van der Waals surface area (Å²) in [5, 5.41) is 4.60. The molecule has 2 saturated carbocycles. The number of carbonyl (C=O) groups is 2. The largest absolute Gasteiger partial charge is 0.460 e. The van der Waals surface area contributed by atoms with Gasteiger partial charge in [-0.3, -0.25) is 9.59 Å². The zero-order valence-electron chi connectivity index (χ0n) is 22.6. The van der Waals surface area contributed by atoms with Crippen molar-refractivity contribution in [2.45, 2.75) is 129 Å². The molecule has 1 aliphatic heterocycles. The molecule has 0 aromatic carbocycles. The molecule has 1 aromatic heterocycles. The third-order valence-electron chi connectivity index (χ3n) is 7.82. The number of amides is 1. The summed E-state index contributed by atoms with van der Waals surface area (Å²) in [5.41, 5.74) is 1.65. The van der Waals surface area contributed by atoms with Crippen molar-refractivity contribution in [2.24, 2.45) is 11.8 Å². The molecule has 4 rings (SSSR count). The van der Waals surface area contributed by atoms with Gasteiger partial charge in [-0.25, -0.2) is 0 Å². The number of nitrogens with zero attached hydrogens (tertiary/aromatic N) is 2. The summed E-state index contributed by atoms with van der Waals surface area (Å²) < 4.78 is 11.7. The zero-order chi connectivity index (χ0) is 25.2. The molecule has 0 N–H and O–H groups in total. The Bertz CT molecular complexity index is 868. The maximum Gasteiger partial charge on any atom is 0.306 e. The van der Waals surface area contributed by atoms with Gasteiger partial charge in [0.25, 0.3) is 0 Å². The molecule has 0 spiro atoms. The van der Waals surface area contributed by atoms with Gasteiger partial charge in [0.1, 0.15) is 11.4 Å². The molecule has 3 fully saturated rings. The average Bonchev–Trinajstić information content (AvgIpc) is 3.51. The van der Waals surface area contributed by atoms with Crippen LogP contribution >= 0.6 is 0 Å². The smallest absolute Gasteiger partial charge is 0.306 e. The maximum absolute atomic E-state index is 12.9. The second-order valence-corrected chi connectivity index (χ2v) is 12.8. The van der Waals surface area contributed by atoms with Crippen LogP contribution in [-0.2, 0) is 14.3 Å². The monoisotopic (exact) mass is 486 g/mol. The summed E-state index contributed by atoms with van der Waals surface area (Å²) in [6.45, 7) is 12.0. The third-order valence-corrected chi connectivity index (χ3v) is 7.82. The molecule has 2 aliphatic carbocycles. The Hall–Kier alpha value is -1.85. The van der Waals surface area contributed by atoms with Gasteiger partial charge in [0.2, 0.25) is 5.91 Å². The van der Waals surface area contributed by atoms with E-state index in [9.17, 15) is 9.59 Å². The Morgan fingerprint density at radius 1 is 1.09 bits per heavy atom. The van der Waals surface area contributed by atoms with Crippen LogP contribution in [0.5, 0.6) is 0 Å². The minimum absolute atomic E-state index is 0.141. The van der Waals surface area contributed by atoms with Gasteiger partial charge in [-0.2, -0.15) is 0 Å². The lowest BCUT2D eigenvalue weighted by Crippen LogP contribution is -2.35. The first-order valence-corrected chi connectivity index (χ1v) is 14.1. The number of rotatable bonds is 10. The number of ether oxygens (including phenoxy) is 1. The van der Waals surface area contributed by atoms with Crippen molar-refractivity contribution in [1.82, 2.24) is 10.1 Å². The topological polar surface area (TPSA) is 72.6 Å². The molecule has 1 atom stereocenters. The fourth-order valence-corrected chi connectivity index (χ4v) is 6.02. The lowest BCUT2D eigenvalue weighted by Gasteiger charge is -2.35. The molecule has 196 valence electrons. The first-order chi connectivity index (χ1) is 16.6. The highest BCUT2D eigenvalue weighted by molar-refractivity contribution is 5.76. The van der Waals surface area contributed by atoms with Gasteiger partial charge in [0, 0.05) is 36.9 Å². The van der Waals surface area contributed by atoms with Crippen LogP contribution in [0.3, 0.4) is 0 Å². The van der Waals surface area contributed by atoms with Gasteiger partial charge in [-0.1, -0.05) is 19.0 Å². The summed E-state index contributed by atoms with van der Waals surface area (Å²) in [5.74, 6) is 3.36. The molecule has 0 bridgehead atoms. The molecular formula is C29H46N2O4. The van der Waals surface area contributed by atoms with E-state index in [-0.39, 0.29) is 24.2 Å². The van der Waals surface area contributed by atoms with Crippen LogP contribution in [0.15, 0.2) is 4.52 Å². The van der Waals surface area contributed by atoms with Crippen LogP contribution in [0.2, 0.25) is 0 Å². The van der Waals surface area contributed by atoms with E-state index in [2.05, 4.69) is 19.0 Å². The van der Waals surface area contributed by atoms with Crippen molar-refractivity contribution < 1.29 is 18.8 Å². The van der Waals surface area contributed by atoms with E-state index in [1.807, 2.05) is 25.7 Å². The highest BCUT2D eigenvalue weighted by Gasteiger charge is 2.42. The van der Waals surface area contributed by atoms with Crippen molar-refractivity contribution in [3.05, 3.63) is 17.0 Å². The predicted molar refractivity (Wildman–Crippen MR) is 136 cm³/mol. The molecule has 35 heavy (non-hydrogen) atoms. The Morgan fingerprint density at radius 3 is 2.37 bits per heavy atom. The number of aromatic nitrogens is 1. The van der Waals surface area contributed by atoms with E-state index in [1.54, 1.807) is 0 Å². The maximum atomic E-state index is 12.9. The number of carbonyl (C=O) groups excluding carboxylic acids is 2. The van der Waals surface area contributed by atoms with E-state index < -0.39 is 5.60 Å². The second kappa shape index (κ2) is 11.0. The van der Waals surface area contributed by atoms with Crippen LogP contribution in [0.1, 0.15) is 140 Å². The lowest BCUT2D eigenvalue weighted by atomic mass is 9.69. The standard InChI is InChI=1S/C29H46N2O4/c1-19(2)15-20-16-23(17-20)28-26(21-9-10-21)27(30-35-28)22(18-25(33)34-29(3,4)5)11-12-24(32)31-13-7-6-8-14-31/h19-23H,6-18H2,1-5H3. The summed E-state index contributed by atoms with van der Waals surface area (Å²) in [6, 6.07) is 0. The first-order valence-electron chi connectivity index (χ1n) is 14.1. The van der Waals surface area contributed by atoms with Gasteiger partial charge in [0.15, 0.2) is 0 Å². The van der Waals surface area contributed by atoms with Gasteiger partial charge in [-0.15, -0.1) is 0 Å². The Morgan fingerprint density at radius 2 is 1.77 bits per heavy atom. The van der Waals surface area contributed by atoms with E-state index in [0.717, 1.165) is 62.1 Å². The first kappa shape index (κ1) is 26.2. The summed E-state index contributed by atoms with van der Waals surface area (Å²) >= 11 is 0. The fraction of sp³-hybridized carbons (Fsp3) is 0.828. The Kier molecular flexibility index (Phi) is 8.27. The minimum Gasteiger partial charge on any atom is -0.460 e. The van der Waals surface area contributed by atoms with E-state index in [4.69, 9.17) is 9.26 Å². The normalized spacial score (nSPS) is 23.8. The quantitative estimate of drug-likeness (QED) is 0.344. The number of likely N-dealkylation sites (tertiary alicyclic amines) is 1. The van der Waals surface area contributed by atoms with E-state index in [1.165, 1.54) is 31.2 Å². The number of esters is 1. The molecule has 6 heteroatoms. The fourth-order valence-electron chi connectivity index (χ4n) is 6.02. The second-order valence-electron chi connectivity index (χ2n) is 12.8. The van der Waals surface area contributed by atoms with E-state index in [0.29, 0.717) is 24.7 Å². The van der Waals surface area contributed by atoms with Crippen molar-refractivity contribution in [2.75, 3.05) is 13.1 Å². The molecule has 2 heterocycles. The molecule has 1 aromatic rings. The predicted octanol–water partition coefficient (Wildman–Crippen LogP) is 6.70. The SMILES string of the molecule is CC(C)CC1CC(c2onc(C(CCC(=O)N3CCCCC3)CC(=O)OC(C)(C)C)c2C2CC2)C1. The lowest BCUT2D eigenvalue weighted by molar-refractivity contribution is -0.155. The molecule has 1 unspecified atom stereocenters. The van der Waals surface area contributed by atoms with Crippen molar-refractivity contribution in [1.29, 1.82) is 0 Å². The van der Waals surface area contributed by atoms with Gasteiger partial charge >= 0.3 is 5.97 Å². The van der Waals surface area contributed by atoms with Crippen LogP contribution < -0.4 is 0 Å². The molecule has 1 amide bonds. The summed E-state index contributed by atoms with van der Waals surface area (Å²) in [4.78, 5) is 27.8. The Labute approximate surface area is 211 Å². The van der Waals surface area contributed by atoms with Gasteiger partial charge in [-0.05, 0) is 96.3 Å². The van der Waals surface area contributed by atoms with Crippen LogP contribution in [0.4, 0.5) is 0 Å². The number of hydrogen-bond acceptors (Lipinski definition) is 5. The van der Waals surface area contributed by atoms with Crippen LogP contribution in [0, 0.1) is 11.8 Å². The highest BCUT2D eigenvalue weighted by atomic mass is 16.6. The molecule has 0 radical (unpaired) electrons. The molecular weight excluding hydrogens is 440 g/mol. The van der Waals surface area contributed by atoms with Crippen molar-refractivity contribution in [3.8, 4) is 0 Å². The minimum atomic E-state index is -0.531. The van der Waals surface area contributed by atoms with Gasteiger partial charge < -0.3 is 14.2 Å². The highest BCUT2D eigenvalue weighted by Crippen LogP contribution is 2.53. The number of piperidine rings is 1. The zero-order valence-corrected chi connectivity index (χ0v) is 22.6. The molecule has 3 aliphatic rings.